The monoisotopic (exact) mass is 479 g/mol. The van der Waals surface area contributed by atoms with Gasteiger partial charge in [-0.1, -0.05) is 74.5 Å². The van der Waals surface area contributed by atoms with E-state index in [9.17, 15) is 18.0 Å². The summed E-state index contributed by atoms with van der Waals surface area (Å²) in [6.07, 6.45) is 1.07. The fraction of sp³-hybridized carbons (Fsp3) is 0.231. The molecule has 0 bridgehead atoms. The Morgan fingerprint density at radius 3 is 2.18 bits per heavy atom. The second kappa shape index (κ2) is 11.0. The number of nitrogens with zero attached hydrogens (tertiary/aromatic N) is 1. The number of rotatable bonds is 9. The van der Waals surface area contributed by atoms with Crippen molar-refractivity contribution in [1.29, 1.82) is 0 Å². The fourth-order valence-electron chi connectivity index (χ4n) is 3.57. The molecule has 0 heterocycles. The Bertz CT molecular complexity index is 1260. The molecule has 0 aliphatic rings. The fourth-order valence-corrected chi connectivity index (χ4v) is 4.44. The molecule has 0 atom stereocenters. The number of anilines is 2. The minimum atomic E-state index is -3.73. The number of benzene rings is 3. The van der Waals surface area contributed by atoms with Crippen LogP contribution >= 0.6 is 0 Å². The van der Waals surface area contributed by atoms with Crippen LogP contribution in [0.15, 0.2) is 78.9 Å². The van der Waals surface area contributed by atoms with Gasteiger partial charge in [-0.3, -0.25) is 13.9 Å². The number of hydrogen-bond acceptors (Lipinski definition) is 4. The van der Waals surface area contributed by atoms with E-state index in [4.69, 9.17) is 0 Å². The minimum Gasteiger partial charge on any atom is -0.348 e. The third-order valence-corrected chi connectivity index (χ3v) is 6.38. The van der Waals surface area contributed by atoms with E-state index < -0.39 is 22.5 Å². The van der Waals surface area contributed by atoms with Gasteiger partial charge in [-0.05, 0) is 35.2 Å². The molecule has 0 unspecified atom stereocenters. The van der Waals surface area contributed by atoms with Gasteiger partial charge in [0.05, 0.1) is 23.2 Å². The molecule has 0 radical (unpaired) electrons. The molecule has 0 aliphatic carbocycles. The van der Waals surface area contributed by atoms with Gasteiger partial charge in [-0.15, -0.1) is 0 Å². The zero-order valence-corrected chi connectivity index (χ0v) is 20.3. The van der Waals surface area contributed by atoms with Gasteiger partial charge in [-0.25, -0.2) is 8.42 Å². The van der Waals surface area contributed by atoms with Gasteiger partial charge in [0, 0.05) is 6.54 Å². The second-order valence-electron chi connectivity index (χ2n) is 8.25. The van der Waals surface area contributed by atoms with Crippen molar-refractivity contribution in [2.75, 3.05) is 22.4 Å². The summed E-state index contributed by atoms with van der Waals surface area (Å²) in [5.74, 6) is -0.824. The van der Waals surface area contributed by atoms with Gasteiger partial charge in [-0.2, -0.15) is 0 Å². The van der Waals surface area contributed by atoms with Crippen molar-refractivity contribution in [3.8, 4) is 0 Å². The quantitative estimate of drug-likeness (QED) is 0.482. The van der Waals surface area contributed by atoms with Crippen LogP contribution in [-0.2, 0) is 21.4 Å². The molecule has 0 aliphatic heterocycles. The normalized spacial score (nSPS) is 11.2. The van der Waals surface area contributed by atoms with Crippen LogP contribution in [0.2, 0.25) is 0 Å². The average molecular weight is 480 g/mol. The molecule has 2 N–H and O–H groups in total. The van der Waals surface area contributed by atoms with E-state index in [-0.39, 0.29) is 11.8 Å². The summed E-state index contributed by atoms with van der Waals surface area (Å²) in [6.45, 7) is 3.85. The zero-order chi connectivity index (χ0) is 24.7. The van der Waals surface area contributed by atoms with Gasteiger partial charge < -0.3 is 10.6 Å². The van der Waals surface area contributed by atoms with Crippen LogP contribution in [0.4, 0.5) is 11.4 Å². The van der Waals surface area contributed by atoms with E-state index in [1.807, 2.05) is 56.3 Å². The second-order valence-corrected chi connectivity index (χ2v) is 10.2. The van der Waals surface area contributed by atoms with Crippen LogP contribution in [-0.4, -0.2) is 33.0 Å². The highest BCUT2D eigenvalue weighted by molar-refractivity contribution is 7.92. The first-order valence-corrected chi connectivity index (χ1v) is 12.8. The van der Waals surface area contributed by atoms with Crippen LogP contribution in [0.25, 0.3) is 0 Å². The first kappa shape index (κ1) is 25.0. The van der Waals surface area contributed by atoms with Crippen LogP contribution in [0.3, 0.4) is 0 Å². The van der Waals surface area contributed by atoms with Gasteiger partial charge in [0.25, 0.3) is 5.91 Å². The van der Waals surface area contributed by atoms with Gasteiger partial charge >= 0.3 is 0 Å². The number of carbonyl (C=O) groups excluding carboxylic acids is 2. The third-order valence-electron chi connectivity index (χ3n) is 5.26. The van der Waals surface area contributed by atoms with Gasteiger partial charge in [0.2, 0.25) is 15.9 Å². The molecule has 34 heavy (non-hydrogen) atoms. The van der Waals surface area contributed by atoms with Crippen molar-refractivity contribution in [2.45, 2.75) is 26.3 Å². The van der Waals surface area contributed by atoms with E-state index >= 15 is 0 Å². The predicted octanol–water partition coefficient (Wildman–Crippen LogP) is 4.14. The van der Waals surface area contributed by atoms with Gasteiger partial charge in [0.15, 0.2) is 0 Å². The first-order chi connectivity index (χ1) is 16.2. The molecule has 8 heteroatoms. The van der Waals surface area contributed by atoms with E-state index in [0.29, 0.717) is 23.5 Å². The standard InChI is InChI=1S/C26H29N3O4S/c1-19(2)21-13-8-10-16-24(21)29(34(3,32)33)18-25(30)28-23-15-9-7-14-22(23)26(31)27-17-20-11-5-4-6-12-20/h4-16,19H,17-18H2,1-3H3,(H,27,31)(H,28,30). The molecule has 0 spiro atoms. The highest BCUT2D eigenvalue weighted by atomic mass is 32.2. The number of hydrogen-bond donors (Lipinski definition) is 2. The topological polar surface area (TPSA) is 95.6 Å². The molecular formula is C26H29N3O4S. The summed E-state index contributed by atoms with van der Waals surface area (Å²) >= 11 is 0. The van der Waals surface area contributed by atoms with Crippen molar-refractivity contribution < 1.29 is 18.0 Å². The number of para-hydroxylation sites is 2. The summed E-state index contributed by atoms with van der Waals surface area (Å²) in [4.78, 5) is 25.7. The van der Waals surface area contributed by atoms with Crippen molar-refractivity contribution >= 4 is 33.2 Å². The predicted molar refractivity (Wildman–Crippen MR) is 135 cm³/mol. The Morgan fingerprint density at radius 2 is 1.50 bits per heavy atom. The maximum absolute atomic E-state index is 12.9. The summed E-state index contributed by atoms with van der Waals surface area (Å²) in [5.41, 5.74) is 2.83. The molecule has 2 amide bonds. The van der Waals surface area contributed by atoms with Crippen LogP contribution < -0.4 is 14.9 Å². The zero-order valence-electron chi connectivity index (χ0n) is 19.5. The lowest BCUT2D eigenvalue weighted by Crippen LogP contribution is -2.38. The van der Waals surface area contributed by atoms with E-state index in [2.05, 4.69) is 10.6 Å². The SMILES string of the molecule is CC(C)c1ccccc1N(CC(=O)Nc1ccccc1C(=O)NCc1ccccc1)S(C)(=O)=O. The molecule has 3 aromatic carbocycles. The van der Waals surface area contributed by atoms with Crippen molar-refractivity contribution in [3.63, 3.8) is 0 Å². The highest BCUT2D eigenvalue weighted by Gasteiger charge is 2.24. The molecule has 0 saturated heterocycles. The first-order valence-electron chi connectivity index (χ1n) is 10.9. The van der Waals surface area contributed by atoms with E-state index in [1.54, 1.807) is 36.4 Å². The summed E-state index contributed by atoms with van der Waals surface area (Å²) in [6, 6.07) is 23.2. The van der Waals surface area contributed by atoms with Crippen LogP contribution in [0.5, 0.6) is 0 Å². The Morgan fingerprint density at radius 1 is 0.882 bits per heavy atom. The molecule has 178 valence electrons. The average Bonchev–Trinajstić information content (AvgIpc) is 2.81. The van der Waals surface area contributed by atoms with E-state index in [0.717, 1.165) is 21.7 Å². The molecule has 3 rings (SSSR count). The molecular weight excluding hydrogens is 450 g/mol. The number of carbonyl (C=O) groups is 2. The van der Waals surface area contributed by atoms with Crippen molar-refractivity contribution in [3.05, 3.63) is 95.6 Å². The third kappa shape index (κ3) is 6.45. The van der Waals surface area contributed by atoms with E-state index in [1.165, 1.54) is 0 Å². The minimum absolute atomic E-state index is 0.0672. The Kier molecular flexibility index (Phi) is 8.07. The summed E-state index contributed by atoms with van der Waals surface area (Å²) in [7, 11) is -3.73. The van der Waals surface area contributed by atoms with Crippen molar-refractivity contribution in [1.82, 2.24) is 5.32 Å². The lowest BCUT2D eigenvalue weighted by molar-refractivity contribution is -0.114. The molecule has 0 aromatic heterocycles. The Labute approximate surface area is 200 Å². The Balaban J connectivity index is 1.78. The summed E-state index contributed by atoms with van der Waals surface area (Å²) < 4.78 is 26.2. The van der Waals surface area contributed by atoms with Gasteiger partial charge in [0.1, 0.15) is 6.54 Å². The molecule has 3 aromatic rings. The molecule has 0 fully saturated rings. The molecule has 0 saturated carbocycles. The Hall–Kier alpha value is -3.65. The van der Waals surface area contributed by atoms with Crippen molar-refractivity contribution in [2.24, 2.45) is 0 Å². The maximum atomic E-state index is 12.9. The highest BCUT2D eigenvalue weighted by Crippen LogP contribution is 2.29. The van der Waals surface area contributed by atoms with Crippen LogP contribution in [0, 0.1) is 0 Å². The van der Waals surface area contributed by atoms with Crippen LogP contribution in [0.1, 0.15) is 41.3 Å². The largest absolute Gasteiger partial charge is 0.348 e. The lowest BCUT2D eigenvalue weighted by Gasteiger charge is -2.25. The maximum Gasteiger partial charge on any atom is 0.253 e. The summed E-state index contributed by atoms with van der Waals surface area (Å²) in [5, 5.41) is 5.55. The number of nitrogens with one attached hydrogen (secondary N) is 2. The lowest BCUT2D eigenvalue weighted by atomic mass is 10.0. The molecule has 7 nitrogen and oxygen atoms in total. The number of sulfonamides is 1. The smallest absolute Gasteiger partial charge is 0.253 e. The number of amides is 2.